The average molecular weight is 455 g/mol. The molecule has 3 aromatic carbocycles. The number of halogens is 1. The number of nitrogens with zero attached hydrogens (tertiary/aromatic N) is 2. The predicted octanol–water partition coefficient (Wildman–Crippen LogP) is 5.35. The Morgan fingerprint density at radius 1 is 0.935 bits per heavy atom. The Morgan fingerprint density at radius 3 is 2.29 bits per heavy atom. The highest BCUT2D eigenvalue weighted by atomic mass is 35.5. The lowest BCUT2D eigenvalue weighted by molar-refractivity contribution is 0.174. The van der Waals surface area contributed by atoms with Gasteiger partial charge in [0.05, 0.1) is 13.1 Å². The first-order chi connectivity index (χ1) is 14.8. The van der Waals surface area contributed by atoms with Crippen LogP contribution in [0.5, 0.6) is 0 Å². The van der Waals surface area contributed by atoms with Crippen molar-refractivity contribution in [1.29, 1.82) is 0 Å². The van der Waals surface area contributed by atoms with Crippen LogP contribution in [0, 0.1) is 13.8 Å². The molecular weight excluding hydrogens is 428 g/mol. The maximum atomic E-state index is 13.0. The molecule has 1 heterocycles. The van der Waals surface area contributed by atoms with Crippen LogP contribution < -0.4 is 0 Å². The normalized spacial score (nSPS) is 17.4. The van der Waals surface area contributed by atoms with Gasteiger partial charge < -0.3 is 4.55 Å². The molecule has 4 nitrogen and oxygen atoms in total. The minimum atomic E-state index is -3.44. The Morgan fingerprint density at radius 2 is 1.61 bits per heavy atom. The molecule has 0 amide bonds. The van der Waals surface area contributed by atoms with E-state index in [1.807, 2.05) is 50.2 Å². The van der Waals surface area contributed by atoms with Crippen LogP contribution in [0.3, 0.4) is 0 Å². The van der Waals surface area contributed by atoms with Crippen LogP contribution in [0.1, 0.15) is 16.7 Å². The van der Waals surface area contributed by atoms with Crippen molar-refractivity contribution in [3.8, 4) is 11.1 Å². The number of sulfonamides is 1. The zero-order valence-electron chi connectivity index (χ0n) is 17.9. The number of piperazine rings is 1. The van der Waals surface area contributed by atoms with Gasteiger partial charge in [0.15, 0.2) is 15.3 Å². The second kappa shape index (κ2) is 9.23. The molecule has 1 fully saturated rings. The first-order valence-electron chi connectivity index (χ1n) is 10.5. The molecule has 0 radical (unpaired) electrons. The van der Waals surface area contributed by atoms with Crippen LogP contribution in [-0.2, 0) is 21.2 Å². The number of benzene rings is 3. The molecule has 0 aromatic heterocycles. The number of hydrogen-bond acceptors (Lipinski definition) is 3. The van der Waals surface area contributed by atoms with Crippen molar-refractivity contribution in [2.75, 3.05) is 26.2 Å². The highest BCUT2D eigenvalue weighted by Gasteiger charge is 2.33. The molecule has 0 aliphatic carbocycles. The summed E-state index contributed by atoms with van der Waals surface area (Å²) in [7, 11) is -3.44. The van der Waals surface area contributed by atoms with E-state index < -0.39 is 10.4 Å². The summed E-state index contributed by atoms with van der Waals surface area (Å²) in [5.74, 6) is 0. The van der Waals surface area contributed by atoms with Crippen LogP contribution in [0.25, 0.3) is 11.1 Å². The fourth-order valence-electron chi connectivity index (χ4n) is 3.93. The lowest BCUT2D eigenvalue weighted by Gasteiger charge is -2.36. The summed E-state index contributed by atoms with van der Waals surface area (Å²) in [5, 5.41) is 0.766. The molecule has 4 rings (SSSR count). The highest BCUT2D eigenvalue weighted by Crippen LogP contribution is 2.29. The van der Waals surface area contributed by atoms with Gasteiger partial charge in [-0.3, -0.25) is 4.90 Å². The molecule has 162 valence electrons. The van der Waals surface area contributed by atoms with Gasteiger partial charge in [-0.05, 0) is 54.3 Å². The molecule has 6 heteroatoms. The molecule has 0 saturated carbocycles. The van der Waals surface area contributed by atoms with Crippen LogP contribution in [-0.4, -0.2) is 39.9 Å². The number of hydrogen-bond donors (Lipinski definition) is 0. The zero-order valence-corrected chi connectivity index (χ0v) is 19.5. The summed E-state index contributed by atoms with van der Waals surface area (Å²) in [6.07, 6.45) is 0. The Hall–Kier alpha value is -2.02. The van der Waals surface area contributed by atoms with Crippen LogP contribution in [0.2, 0.25) is 5.02 Å². The number of rotatable bonds is 5. The van der Waals surface area contributed by atoms with Crippen molar-refractivity contribution in [3.63, 3.8) is 0 Å². The van der Waals surface area contributed by atoms with E-state index in [0.29, 0.717) is 31.1 Å². The minimum absolute atomic E-state index is 0.369. The van der Waals surface area contributed by atoms with Crippen molar-refractivity contribution in [1.82, 2.24) is 9.21 Å². The molecule has 0 bridgehead atoms. The van der Waals surface area contributed by atoms with Gasteiger partial charge in [-0.15, -0.1) is 4.31 Å². The van der Waals surface area contributed by atoms with Crippen molar-refractivity contribution < 1.29 is 8.76 Å². The third kappa shape index (κ3) is 4.92. The standard InChI is InChI=1S/C25H27ClN2O2S/c1-19-7-11-23(12-8-19)31(29,30)28-15-13-27(14-16-28)18-22-5-3-4-6-24(22)21-10-9-20(2)25(26)17-21/h3-12,17H,13-16,18H2,1-2H3. The van der Waals surface area contributed by atoms with Crippen molar-refractivity contribution in [2.45, 2.75) is 25.3 Å². The van der Waals surface area contributed by atoms with Crippen LogP contribution in [0.15, 0.2) is 71.6 Å². The molecule has 1 aliphatic rings. The Bertz CT molecular complexity index is 1110. The SMILES string of the molecule is Cc1ccc([S+](=O)([O-])N2CCN(Cc3ccccc3-c3ccc(C)c(Cl)c3)CC2)cc1. The summed E-state index contributed by atoms with van der Waals surface area (Å²) in [4.78, 5) is 2.68. The van der Waals surface area contributed by atoms with Crippen molar-refractivity contribution in [3.05, 3.63) is 88.4 Å². The van der Waals surface area contributed by atoms with E-state index in [2.05, 4.69) is 23.1 Å². The van der Waals surface area contributed by atoms with E-state index >= 15 is 0 Å². The Kier molecular flexibility index (Phi) is 6.60. The first kappa shape index (κ1) is 22.2. The van der Waals surface area contributed by atoms with Crippen LogP contribution in [0.4, 0.5) is 0 Å². The van der Waals surface area contributed by atoms with Gasteiger partial charge in [-0.1, -0.05) is 69.9 Å². The van der Waals surface area contributed by atoms with Crippen molar-refractivity contribution >= 4 is 22.0 Å². The van der Waals surface area contributed by atoms with Gasteiger partial charge in [0.2, 0.25) is 0 Å². The molecule has 3 aromatic rings. The van der Waals surface area contributed by atoms with Gasteiger partial charge in [0.1, 0.15) is 0 Å². The van der Waals surface area contributed by atoms with Gasteiger partial charge in [0.25, 0.3) is 0 Å². The van der Waals surface area contributed by atoms with E-state index in [9.17, 15) is 8.76 Å². The Balaban J connectivity index is 1.45. The second-order valence-corrected chi connectivity index (χ2v) is 10.5. The van der Waals surface area contributed by atoms with Crippen molar-refractivity contribution in [2.24, 2.45) is 0 Å². The Labute approximate surface area is 190 Å². The lowest BCUT2D eigenvalue weighted by Crippen LogP contribution is -2.50. The molecule has 0 N–H and O–H groups in total. The van der Waals surface area contributed by atoms with Gasteiger partial charge in [-0.25, -0.2) is 0 Å². The molecule has 1 atom stereocenters. The van der Waals surface area contributed by atoms with E-state index in [1.165, 1.54) is 11.1 Å². The molecular formula is C25H27ClN2O2S. The predicted molar refractivity (Wildman–Crippen MR) is 127 cm³/mol. The minimum Gasteiger partial charge on any atom is -0.593 e. The maximum Gasteiger partial charge on any atom is 0.175 e. The van der Waals surface area contributed by atoms with E-state index in [-0.39, 0.29) is 0 Å². The average Bonchev–Trinajstić information content (AvgIpc) is 2.77. The fourth-order valence-corrected chi connectivity index (χ4v) is 5.53. The van der Waals surface area contributed by atoms with Gasteiger partial charge in [0, 0.05) is 24.7 Å². The van der Waals surface area contributed by atoms with Gasteiger partial charge in [-0.2, -0.15) is 0 Å². The fraction of sp³-hybridized carbons (Fsp3) is 0.280. The lowest BCUT2D eigenvalue weighted by atomic mass is 9.98. The maximum absolute atomic E-state index is 13.0. The third-order valence-corrected chi connectivity index (χ3v) is 8.20. The second-order valence-electron chi connectivity index (χ2n) is 8.11. The largest absolute Gasteiger partial charge is 0.593 e. The number of aryl methyl sites for hydroxylation is 2. The summed E-state index contributed by atoms with van der Waals surface area (Å²) < 4.78 is 27.5. The molecule has 1 saturated heterocycles. The van der Waals surface area contributed by atoms with E-state index in [1.54, 1.807) is 16.4 Å². The summed E-state index contributed by atoms with van der Waals surface area (Å²) >= 11 is 6.35. The van der Waals surface area contributed by atoms with E-state index in [4.69, 9.17) is 11.6 Å². The summed E-state index contributed by atoms with van der Waals surface area (Å²) in [5.41, 5.74) is 5.61. The molecule has 0 spiro atoms. The van der Waals surface area contributed by atoms with Gasteiger partial charge >= 0.3 is 0 Å². The summed E-state index contributed by atoms with van der Waals surface area (Å²) in [6.45, 7) is 7.13. The molecule has 31 heavy (non-hydrogen) atoms. The topological polar surface area (TPSA) is 46.6 Å². The molecule has 1 aliphatic heterocycles. The monoisotopic (exact) mass is 454 g/mol. The summed E-state index contributed by atoms with van der Waals surface area (Å²) in [6, 6.07) is 21.6. The zero-order chi connectivity index (χ0) is 22.0. The molecule has 1 unspecified atom stereocenters. The first-order valence-corrected chi connectivity index (χ1v) is 12.3. The van der Waals surface area contributed by atoms with Crippen LogP contribution >= 0.6 is 11.6 Å². The quantitative estimate of drug-likeness (QED) is 0.488. The third-order valence-electron chi connectivity index (χ3n) is 5.88. The smallest absolute Gasteiger partial charge is 0.175 e. The highest BCUT2D eigenvalue weighted by molar-refractivity contribution is 7.95. The van der Waals surface area contributed by atoms with E-state index in [0.717, 1.165) is 28.3 Å².